The van der Waals surface area contributed by atoms with E-state index in [9.17, 15) is 20.0 Å². The van der Waals surface area contributed by atoms with Gasteiger partial charge in [0.1, 0.15) is 11.3 Å². The molecule has 7 nitrogen and oxygen atoms in total. The maximum Gasteiger partial charge on any atom is 0.339 e. The van der Waals surface area contributed by atoms with Crippen molar-refractivity contribution < 1.29 is 14.8 Å². The molecule has 2 aromatic carbocycles. The molecule has 0 radical (unpaired) electrons. The molecule has 3 rings (SSSR count). The Kier molecular flexibility index (Phi) is 5.30. The number of nitro benzene ring substituents is 1. The minimum absolute atomic E-state index is 0.0739. The third kappa shape index (κ3) is 3.87. The number of aromatic nitrogens is 2. The van der Waals surface area contributed by atoms with Gasteiger partial charge >= 0.3 is 5.97 Å². The van der Waals surface area contributed by atoms with E-state index in [4.69, 9.17) is 0 Å². The van der Waals surface area contributed by atoms with E-state index in [0.29, 0.717) is 5.69 Å². The second-order valence-electron chi connectivity index (χ2n) is 6.19. The molecule has 1 aromatic heterocycles. The molecule has 0 unspecified atom stereocenters. The Balaban J connectivity index is 2.04. The van der Waals surface area contributed by atoms with E-state index in [1.165, 1.54) is 34.6 Å². The van der Waals surface area contributed by atoms with Gasteiger partial charge in [0.05, 0.1) is 16.2 Å². The number of nitrogens with zero attached hydrogens (tertiary/aromatic N) is 3. The Labute approximate surface area is 156 Å². The topological polar surface area (TPSA) is 98.3 Å². The summed E-state index contributed by atoms with van der Waals surface area (Å²) in [5.41, 5.74) is 1.88. The van der Waals surface area contributed by atoms with Gasteiger partial charge < -0.3 is 5.11 Å². The maximum absolute atomic E-state index is 11.7. The summed E-state index contributed by atoms with van der Waals surface area (Å²) < 4.78 is 1.44. The number of unbranched alkanes of at least 4 members (excludes halogenated alkanes) is 1. The molecule has 7 heteroatoms. The lowest BCUT2D eigenvalue weighted by atomic mass is 10.1. The summed E-state index contributed by atoms with van der Waals surface area (Å²) >= 11 is 0. The van der Waals surface area contributed by atoms with Gasteiger partial charge in [0.15, 0.2) is 0 Å². The fourth-order valence-corrected chi connectivity index (χ4v) is 2.89. The van der Waals surface area contributed by atoms with Crippen LogP contribution in [-0.2, 0) is 6.42 Å². The number of para-hydroxylation sites is 1. The average molecular weight is 365 g/mol. The molecule has 0 saturated carbocycles. The van der Waals surface area contributed by atoms with Crippen LogP contribution in [0.3, 0.4) is 0 Å². The van der Waals surface area contributed by atoms with E-state index in [-0.39, 0.29) is 22.5 Å². The summed E-state index contributed by atoms with van der Waals surface area (Å²) in [5.74, 6) is -1.19. The lowest BCUT2D eigenvalue weighted by Crippen LogP contribution is -1.99. The number of nitro groups is 1. The molecule has 0 aliphatic carbocycles. The minimum atomic E-state index is -1.19. The number of rotatable bonds is 7. The maximum atomic E-state index is 11.7. The first-order valence-corrected chi connectivity index (χ1v) is 8.67. The molecule has 1 heterocycles. The molecular weight excluding hydrogens is 346 g/mol. The van der Waals surface area contributed by atoms with E-state index >= 15 is 0 Å². The van der Waals surface area contributed by atoms with Crippen molar-refractivity contribution in [2.24, 2.45) is 0 Å². The summed E-state index contributed by atoms with van der Waals surface area (Å²) in [7, 11) is 0. The van der Waals surface area contributed by atoms with Crippen LogP contribution in [0.4, 0.5) is 5.69 Å². The summed E-state index contributed by atoms with van der Waals surface area (Å²) in [6, 6.07) is 13.7. The van der Waals surface area contributed by atoms with E-state index in [0.717, 1.165) is 19.3 Å². The Bertz CT molecular complexity index is 977. The van der Waals surface area contributed by atoms with Crippen molar-refractivity contribution in [1.82, 2.24) is 9.78 Å². The van der Waals surface area contributed by atoms with E-state index in [2.05, 4.69) is 12.0 Å². The predicted octanol–water partition coefficient (Wildman–Crippen LogP) is 4.49. The van der Waals surface area contributed by atoms with Crippen LogP contribution in [0.5, 0.6) is 0 Å². The summed E-state index contributed by atoms with van der Waals surface area (Å²) in [6.45, 7) is 2.13. The molecule has 27 heavy (non-hydrogen) atoms. The number of hydrogen-bond acceptors (Lipinski definition) is 4. The Morgan fingerprint density at radius 1 is 1.19 bits per heavy atom. The molecule has 138 valence electrons. The van der Waals surface area contributed by atoms with Crippen molar-refractivity contribution in [3.8, 4) is 16.9 Å². The van der Waals surface area contributed by atoms with Gasteiger partial charge in [-0.15, -0.1) is 0 Å². The van der Waals surface area contributed by atoms with E-state index in [1.807, 2.05) is 24.3 Å². The van der Waals surface area contributed by atoms with Crippen LogP contribution in [0.15, 0.2) is 54.7 Å². The number of carbonyl (C=O) groups is 1. The second kappa shape index (κ2) is 7.82. The number of aromatic carboxylic acids is 1. The van der Waals surface area contributed by atoms with Crippen LogP contribution in [0, 0.1) is 10.1 Å². The number of aryl methyl sites for hydroxylation is 1. The molecule has 0 spiro atoms. The zero-order chi connectivity index (χ0) is 19.4. The smallest absolute Gasteiger partial charge is 0.339 e. The predicted molar refractivity (Wildman–Crippen MR) is 101 cm³/mol. The largest absolute Gasteiger partial charge is 0.478 e. The molecule has 0 atom stereocenters. The van der Waals surface area contributed by atoms with Crippen LogP contribution >= 0.6 is 0 Å². The molecule has 0 bridgehead atoms. The monoisotopic (exact) mass is 365 g/mol. The highest BCUT2D eigenvalue weighted by atomic mass is 16.6. The fraction of sp³-hybridized carbons (Fsp3) is 0.200. The molecule has 1 N–H and O–H groups in total. The van der Waals surface area contributed by atoms with Crippen molar-refractivity contribution in [2.75, 3.05) is 0 Å². The molecule has 3 aromatic rings. The summed E-state index contributed by atoms with van der Waals surface area (Å²) in [4.78, 5) is 22.4. The molecular formula is C20H19N3O4. The quantitative estimate of drug-likeness (QED) is 0.491. The summed E-state index contributed by atoms with van der Waals surface area (Å²) in [6.07, 6.45) is 4.58. The molecule has 0 aliphatic rings. The average Bonchev–Trinajstić information content (AvgIpc) is 3.12. The van der Waals surface area contributed by atoms with E-state index in [1.54, 1.807) is 6.07 Å². The normalized spacial score (nSPS) is 10.7. The van der Waals surface area contributed by atoms with Crippen molar-refractivity contribution in [1.29, 1.82) is 0 Å². The van der Waals surface area contributed by atoms with Gasteiger partial charge in [0.25, 0.3) is 5.69 Å². The first kappa shape index (κ1) is 18.3. The van der Waals surface area contributed by atoms with Crippen molar-refractivity contribution in [2.45, 2.75) is 26.2 Å². The lowest BCUT2D eigenvalue weighted by molar-refractivity contribution is -0.384. The minimum Gasteiger partial charge on any atom is -0.478 e. The van der Waals surface area contributed by atoms with Crippen LogP contribution in [-0.4, -0.2) is 25.8 Å². The highest BCUT2D eigenvalue weighted by Crippen LogP contribution is 2.31. The first-order valence-electron chi connectivity index (χ1n) is 8.67. The zero-order valence-electron chi connectivity index (χ0n) is 14.8. The number of benzene rings is 2. The SMILES string of the molecule is CCCCc1ccc(-n2cc(C(=O)O)c(-c3ccccc3[N+](=O)[O-])n2)cc1. The van der Waals surface area contributed by atoms with Crippen molar-refractivity contribution in [3.05, 3.63) is 76.0 Å². The number of hydrogen-bond donors (Lipinski definition) is 1. The lowest BCUT2D eigenvalue weighted by Gasteiger charge is -2.04. The van der Waals surface area contributed by atoms with Crippen LogP contribution in [0.25, 0.3) is 16.9 Å². The third-order valence-corrected chi connectivity index (χ3v) is 4.32. The molecule has 0 saturated heterocycles. The third-order valence-electron chi connectivity index (χ3n) is 4.32. The fourth-order valence-electron chi connectivity index (χ4n) is 2.89. The standard InChI is InChI=1S/C20H19N3O4/c1-2-3-6-14-9-11-15(12-10-14)22-13-17(20(24)25)19(21-22)16-7-4-5-8-18(16)23(26)27/h4-5,7-13H,2-3,6H2,1H3,(H,24,25). The van der Waals surface area contributed by atoms with Gasteiger partial charge in [-0.3, -0.25) is 10.1 Å². The number of carboxylic acids is 1. The Morgan fingerprint density at radius 3 is 2.52 bits per heavy atom. The highest BCUT2D eigenvalue weighted by molar-refractivity contribution is 5.96. The molecule has 0 amide bonds. The second-order valence-corrected chi connectivity index (χ2v) is 6.19. The van der Waals surface area contributed by atoms with Gasteiger partial charge in [-0.1, -0.05) is 37.6 Å². The van der Waals surface area contributed by atoms with Gasteiger partial charge in [-0.25, -0.2) is 9.48 Å². The van der Waals surface area contributed by atoms with Crippen LogP contribution in [0.2, 0.25) is 0 Å². The zero-order valence-corrected chi connectivity index (χ0v) is 14.8. The van der Waals surface area contributed by atoms with Crippen molar-refractivity contribution >= 4 is 11.7 Å². The van der Waals surface area contributed by atoms with Crippen LogP contribution < -0.4 is 0 Å². The Morgan fingerprint density at radius 2 is 1.89 bits per heavy atom. The Hall–Kier alpha value is -3.48. The van der Waals surface area contributed by atoms with Crippen molar-refractivity contribution in [3.63, 3.8) is 0 Å². The molecule has 0 fully saturated rings. The highest BCUT2D eigenvalue weighted by Gasteiger charge is 2.24. The van der Waals surface area contributed by atoms with Gasteiger partial charge in [0.2, 0.25) is 0 Å². The van der Waals surface area contributed by atoms with Crippen LogP contribution in [0.1, 0.15) is 35.7 Å². The van der Waals surface area contributed by atoms with Gasteiger partial charge in [-0.05, 0) is 36.6 Å². The van der Waals surface area contributed by atoms with Gasteiger partial charge in [-0.2, -0.15) is 5.10 Å². The molecule has 0 aliphatic heterocycles. The summed E-state index contributed by atoms with van der Waals surface area (Å²) in [5, 5.41) is 25.2. The van der Waals surface area contributed by atoms with Gasteiger partial charge in [0, 0.05) is 12.3 Å². The van der Waals surface area contributed by atoms with E-state index < -0.39 is 10.9 Å². The number of carboxylic acid groups (broad SMARTS) is 1. The first-order chi connectivity index (χ1) is 13.0.